The first kappa shape index (κ1) is 51.2. The Labute approximate surface area is 470 Å². The van der Waals surface area contributed by atoms with Gasteiger partial charge in [0.05, 0.1) is 50.5 Å². The molecule has 0 N–H and O–H groups in total. The molecule has 16 heterocycles. The molecule has 16 rings (SSSR count). The summed E-state index contributed by atoms with van der Waals surface area (Å²) in [5.41, 5.74) is 14.0. The number of fused-ring (bicyclic) bond motifs is 12. The van der Waals surface area contributed by atoms with Crippen molar-refractivity contribution in [3.63, 3.8) is 0 Å². The van der Waals surface area contributed by atoms with Gasteiger partial charge in [-0.15, -0.1) is 0 Å². The van der Waals surface area contributed by atoms with Gasteiger partial charge in [0.25, 0.3) is 0 Å². The molecule has 16 aromatic rings. The van der Waals surface area contributed by atoms with Crippen LogP contribution in [0, 0.1) is 17.8 Å². The molecule has 0 atom stereocenters. The van der Waals surface area contributed by atoms with Crippen LogP contribution in [0.3, 0.4) is 0 Å². The fourth-order valence-corrected chi connectivity index (χ4v) is 10.4. The zero-order chi connectivity index (χ0) is 56.7. The number of hydrogen-bond acceptors (Lipinski definition) is 12. The summed E-state index contributed by atoms with van der Waals surface area (Å²) in [5, 5.41) is 8.58. The maximum absolute atomic E-state index is 13.3. The van der Waals surface area contributed by atoms with Crippen LogP contribution >= 0.6 is 0 Å². The van der Waals surface area contributed by atoms with Crippen molar-refractivity contribution in [3.8, 4) is 45.2 Å². The molecule has 0 bridgehead atoms. The quantitative estimate of drug-likeness (QED) is 0.153. The summed E-state index contributed by atoms with van der Waals surface area (Å²) in [5.74, 6) is -1.50. The molecule has 0 unspecified atom stereocenters. The number of aryl methyl sites for hydroxylation is 4. The Hall–Kier alpha value is -11.2. The van der Waals surface area contributed by atoms with E-state index in [1.165, 1.54) is 30.6 Å². The topological polar surface area (TPSA) is 174 Å². The van der Waals surface area contributed by atoms with Crippen molar-refractivity contribution in [2.75, 3.05) is 0 Å². The maximum atomic E-state index is 13.3. The van der Waals surface area contributed by atoms with E-state index in [9.17, 15) is 13.2 Å². The van der Waals surface area contributed by atoms with E-state index < -0.39 is 17.8 Å². The summed E-state index contributed by atoms with van der Waals surface area (Å²) >= 11 is 0. The van der Waals surface area contributed by atoms with Gasteiger partial charge >= 0.3 is 0 Å². The summed E-state index contributed by atoms with van der Waals surface area (Å²) in [4.78, 5) is 50.8. The van der Waals surface area contributed by atoms with E-state index in [2.05, 4.69) is 65.5 Å². The largest absolute Gasteiger partial charge is 0.328 e. The van der Waals surface area contributed by atoms with Gasteiger partial charge in [-0.25, -0.2) is 34.9 Å². The minimum atomic E-state index is -0.504. The first-order chi connectivity index (χ1) is 40.6. The standard InChI is InChI=1S/3C16H11FN4.C16H12N4/c1-21-14-6-7-18-9-12(14)11-3-4-13(20-16(11)21)10-2-5-15(17)19-8-10;1-21-14-5-6-18-9-12(14)11-2-3-13(20-16(11)21)10-4-7-19-15(17)8-10;1-21-14-7-8-18-9-11(14)10-5-6-13(20-16(10)21)12-3-2-4-15(17)19-12;1-20-15-6-8-18-10-13(15)12-4-5-14(19-16(12)20)11-3-2-7-17-9-11/h3*2-9H,1H3;2-10H,1H3/i3*17-1;. The second-order valence-electron chi connectivity index (χ2n) is 19.4. The van der Waals surface area contributed by atoms with Gasteiger partial charge in [0.2, 0.25) is 17.8 Å². The molecule has 0 aliphatic heterocycles. The van der Waals surface area contributed by atoms with Crippen LogP contribution in [0.4, 0.5) is 13.2 Å². The average molecular weight is 1090 g/mol. The number of nitrogens with zero attached hydrogens (tertiary/aromatic N) is 16. The van der Waals surface area contributed by atoms with E-state index in [1.807, 2.05) is 158 Å². The second-order valence-corrected chi connectivity index (χ2v) is 19.4. The van der Waals surface area contributed by atoms with Crippen LogP contribution < -0.4 is 0 Å². The van der Waals surface area contributed by atoms with E-state index in [-0.39, 0.29) is 0 Å². The summed E-state index contributed by atoms with van der Waals surface area (Å²) in [7, 11) is 7.93. The van der Waals surface area contributed by atoms with E-state index in [4.69, 9.17) is 4.98 Å². The molecule has 83 heavy (non-hydrogen) atoms. The monoisotopic (exact) mass is 1090 g/mol. The first-order valence-corrected chi connectivity index (χ1v) is 26.1. The molecule has 0 saturated heterocycles. The summed E-state index contributed by atoms with van der Waals surface area (Å²) in [6.45, 7) is 0. The van der Waals surface area contributed by atoms with Crippen molar-refractivity contribution < 1.29 is 13.2 Å². The molecule has 0 saturated carbocycles. The van der Waals surface area contributed by atoms with Crippen LogP contribution in [0.25, 0.3) is 133 Å². The third-order valence-corrected chi connectivity index (χ3v) is 14.5. The molecule has 0 aromatic carbocycles. The van der Waals surface area contributed by atoms with Crippen LogP contribution in [0.2, 0.25) is 0 Å². The van der Waals surface area contributed by atoms with E-state index in [0.29, 0.717) is 17.0 Å². The van der Waals surface area contributed by atoms with Crippen molar-refractivity contribution in [2.24, 2.45) is 28.2 Å². The molecule has 402 valence electrons. The van der Waals surface area contributed by atoms with Crippen molar-refractivity contribution in [2.45, 2.75) is 0 Å². The van der Waals surface area contributed by atoms with Gasteiger partial charge in [0.15, 0.2) is 0 Å². The molecule has 0 spiro atoms. The molecular weight excluding hydrogens is 1050 g/mol. The molecule has 16 nitrogen and oxygen atoms in total. The predicted octanol–water partition coefficient (Wildman–Crippen LogP) is 13.2. The minimum Gasteiger partial charge on any atom is -0.328 e. The number of aromatic nitrogens is 16. The molecule has 0 radical (unpaired) electrons. The highest BCUT2D eigenvalue weighted by Crippen LogP contribution is 2.33. The van der Waals surface area contributed by atoms with Gasteiger partial charge in [0, 0.05) is 168 Å². The SMILES string of the molecule is Cn1c2ccncc2c2ccc(-c3ccc([18F])nc3)nc21.Cn1c2ccncc2c2ccc(-c3cccc([18F])n3)nc21.Cn1c2ccncc2c2ccc(-c3cccnc3)nc21.Cn1c2ccncc2c2ccc(-c3ccnc([18F])c3)nc21. The average Bonchev–Trinajstić information content (AvgIpc) is 4.21. The molecule has 0 aliphatic rings. The van der Waals surface area contributed by atoms with Crippen LogP contribution in [-0.4, -0.2) is 78.1 Å². The highest BCUT2D eigenvalue weighted by Gasteiger charge is 2.16. The van der Waals surface area contributed by atoms with Gasteiger partial charge in [-0.3, -0.25) is 24.9 Å². The highest BCUT2D eigenvalue weighted by atomic mass is 18.2. The predicted molar refractivity (Wildman–Crippen MR) is 317 cm³/mol. The number of hydrogen-bond donors (Lipinski definition) is 0. The van der Waals surface area contributed by atoms with E-state index >= 15 is 0 Å². The van der Waals surface area contributed by atoms with E-state index in [1.54, 1.807) is 49.1 Å². The lowest BCUT2D eigenvalue weighted by Gasteiger charge is -2.02. The van der Waals surface area contributed by atoms with Gasteiger partial charge in [0.1, 0.15) is 22.6 Å². The van der Waals surface area contributed by atoms with Crippen LogP contribution in [0.1, 0.15) is 0 Å². The molecule has 0 fully saturated rings. The Morgan fingerprint density at radius 2 is 0.699 bits per heavy atom. The Morgan fingerprint density at radius 1 is 0.277 bits per heavy atom. The molecule has 19 heteroatoms. The van der Waals surface area contributed by atoms with Crippen molar-refractivity contribution in [1.29, 1.82) is 0 Å². The Bertz CT molecular complexity index is 4930. The molecule has 0 aliphatic carbocycles. The molecular formula is C64H45F3N16. The third-order valence-electron chi connectivity index (χ3n) is 14.5. The van der Waals surface area contributed by atoms with Gasteiger partial charge < -0.3 is 18.3 Å². The molecule has 0 amide bonds. The van der Waals surface area contributed by atoms with E-state index in [0.717, 1.165) is 116 Å². The molecule has 16 aromatic heterocycles. The Balaban J connectivity index is 0.000000104. The van der Waals surface area contributed by atoms with Gasteiger partial charge in [-0.2, -0.15) is 13.2 Å². The summed E-state index contributed by atoms with van der Waals surface area (Å²) < 4.78 is 47.6. The number of halogens is 3. The lowest BCUT2D eigenvalue weighted by molar-refractivity contribution is 0.583. The summed E-state index contributed by atoms with van der Waals surface area (Å²) in [6.07, 6.45) is 21.1. The smallest absolute Gasteiger partial charge is 0.213 e. The maximum Gasteiger partial charge on any atom is 0.213 e. The van der Waals surface area contributed by atoms with Crippen LogP contribution in [0.15, 0.2) is 202 Å². The second kappa shape index (κ2) is 21.4. The lowest BCUT2D eigenvalue weighted by atomic mass is 10.1. The zero-order valence-electron chi connectivity index (χ0n) is 44.8. The fourth-order valence-electron chi connectivity index (χ4n) is 10.4. The van der Waals surface area contributed by atoms with Crippen molar-refractivity contribution in [1.82, 2.24) is 78.1 Å². The zero-order valence-corrected chi connectivity index (χ0v) is 44.8. The minimum absolute atomic E-state index is 0.490. The van der Waals surface area contributed by atoms with Crippen molar-refractivity contribution >= 4 is 87.7 Å². The Morgan fingerprint density at radius 3 is 1.12 bits per heavy atom. The normalized spacial score (nSPS) is 11.3. The van der Waals surface area contributed by atoms with Crippen LogP contribution in [-0.2, 0) is 28.2 Å². The summed E-state index contributed by atoms with van der Waals surface area (Å²) in [6, 6.07) is 38.5. The Kier molecular flexibility index (Phi) is 13.2. The van der Waals surface area contributed by atoms with Gasteiger partial charge in [-0.05, 0) is 115 Å². The lowest BCUT2D eigenvalue weighted by Crippen LogP contribution is -1.93. The van der Waals surface area contributed by atoms with Gasteiger partial charge in [-0.1, -0.05) is 6.07 Å². The third kappa shape index (κ3) is 9.60. The fraction of sp³-hybridized carbons (Fsp3) is 0.0625. The number of pyridine rings is 12. The van der Waals surface area contributed by atoms with Crippen LogP contribution in [0.5, 0.6) is 0 Å². The highest BCUT2D eigenvalue weighted by molar-refractivity contribution is 6.09. The van der Waals surface area contributed by atoms with Crippen molar-refractivity contribution in [3.05, 3.63) is 220 Å². The first-order valence-electron chi connectivity index (χ1n) is 26.1. The number of rotatable bonds is 4.